The number of amides is 1. The van der Waals surface area contributed by atoms with Crippen LogP contribution in [0.25, 0.3) is 0 Å². The summed E-state index contributed by atoms with van der Waals surface area (Å²) < 4.78 is 5.31. The van der Waals surface area contributed by atoms with Crippen LogP contribution >= 0.6 is 0 Å². The average molecular weight is 320 g/mol. The quantitative estimate of drug-likeness (QED) is 0.617. The van der Waals surface area contributed by atoms with Gasteiger partial charge in [0.15, 0.2) is 5.96 Å². The van der Waals surface area contributed by atoms with Crippen LogP contribution in [-0.4, -0.2) is 51.0 Å². The number of hydrogen-bond acceptors (Lipinski definition) is 3. The minimum absolute atomic E-state index is 0.216. The zero-order valence-electron chi connectivity index (χ0n) is 14.4. The van der Waals surface area contributed by atoms with Crippen molar-refractivity contribution in [3.63, 3.8) is 0 Å². The minimum atomic E-state index is -0.290. The van der Waals surface area contributed by atoms with Crippen molar-refractivity contribution in [2.75, 3.05) is 34.2 Å². The van der Waals surface area contributed by atoms with Crippen LogP contribution in [0.5, 0.6) is 0 Å². The van der Waals surface area contributed by atoms with Crippen molar-refractivity contribution < 1.29 is 9.21 Å². The second-order valence-electron chi connectivity index (χ2n) is 6.37. The largest absolute Gasteiger partial charge is 0.469 e. The number of guanidine groups is 1. The Morgan fingerprint density at radius 1 is 1.35 bits per heavy atom. The molecule has 6 heteroatoms. The smallest absolute Gasteiger partial charge is 0.230 e. The molecule has 1 aliphatic rings. The summed E-state index contributed by atoms with van der Waals surface area (Å²) in [5.41, 5.74) is -0.290. The van der Waals surface area contributed by atoms with Crippen molar-refractivity contribution in [1.82, 2.24) is 15.5 Å². The monoisotopic (exact) mass is 320 g/mol. The van der Waals surface area contributed by atoms with Gasteiger partial charge >= 0.3 is 0 Å². The molecule has 2 rings (SSSR count). The molecule has 6 nitrogen and oxygen atoms in total. The number of nitrogens with one attached hydrogen (secondary N) is 2. The van der Waals surface area contributed by atoms with Gasteiger partial charge in [0.05, 0.1) is 11.7 Å². The average Bonchev–Trinajstić information content (AvgIpc) is 3.22. The van der Waals surface area contributed by atoms with Crippen molar-refractivity contribution in [2.24, 2.45) is 10.4 Å². The summed E-state index contributed by atoms with van der Waals surface area (Å²) in [6.45, 7) is 1.37. The molecular formula is C17H28N4O2. The van der Waals surface area contributed by atoms with Crippen molar-refractivity contribution in [2.45, 2.75) is 32.1 Å². The molecule has 1 aromatic rings. The maximum Gasteiger partial charge on any atom is 0.230 e. The van der Waals surface area contributed by atoms with Crippen LogP contribution < -0.4 is 10.6 Å². The lowest BCUT2D eigenvalue weighted by molar-refractivity contribution is -0.138. The van der Waals surface area contributed by atoms with E-state index >= 15 is 0 Å². The normalized spacial score (nSPS) is 17.1. The number of furan rings is 1. The van der Waals surface area contributed by atoms with Gasteiger partial charge in [-0.25, -0.2) is 0 Å². The fraction of sp³-hybridized carbons (Fsp3) is 0.647. The Balaban J connectivity index is 1.84. The van der Waals surface area contributed by atoms with Crippen molar-refractivity contribution in [3.8, 4) is 0 Å². The Labute approximate surface area is 138 Å². The first-order chi connectivity index (χ1) is 11.1. The van der Waals surface area contributed by atoms with E-state index in [1.807, 2.05) is 26.2 Å². The van der Waals surface area contributed by atoms with E-state index in [0.29, 0.717) is 6.54 Å². The Bertz CT molecular complexity index is 517. The third-order valence-corrected chi connectivity index (χ3v) is 4.48. The zero-order chi connectivity index (χ0) is 16.7. The highest BCUT2D eigenvalue weighted by Crippen LogP contribution is 2.38. The SMILES string of the molecule is CN=C(NCCc1ccco1)NCC1(C(=O)N(C)C)CCCC1. The number of hydrogen-bond donors (Lipinski definition) is 2. The van der Waals surface area contributed by atoms with Crippen LogP contribution in [0.4, 0.5) is 0 Å². The standard InChI is InChI=1S/C17H28N4O2/c1-18-16(19-11-8-14-7-6-12-23-14)20-13-17(9-4-5-10-17)15(22)21(2)3/h6-7,12H,4-5,8-11,13H2,1-3H3,(H2,18,19,20). The topological polar surface area (TPSA) is 69.9 Å². The van der Waals surface area contributed by atoms with E-state index in [0.717, 1.165) is 50.4 Å². The lowest BCUT2D eigenvalue weighted by Gasteiger charge is -2.31. The van der Waals surface area contributed by atoms with Crippen LogP contribution in [-0.2, 0) is 11.2 Å². The molecule has 0 aromatic carbocycles. The Morgan fingerprint density at radius 2 is 2.09 bits per heavy atom. The maximum atomic E-state index is 12.6. The molecule has 1 heterocycles. The third kappa shape index (κ3) is 4.50. The first-order valence-electron chi connectivity index (χ1n) is 8.26. The molecular weight excluding hydrogens is 292 g/mol. The molecule has 1 aromatic heterocycles. The molecule has 0 aliphatic heterocycles. The second kappa shape index (κ2) is 8.04. The zero-order valence-corrected chi connectivity index (χ0v) is 14.4. The van der Waals surface area contributed by atoms with Gasteiger partial charge in [0.2, 0.25) is 5.91 Å². The minimum Gasteiger partial charge on any atom is -0.469 e. The summed E-state index contributed by atoms with van der Waals surface area (Å²) in [6, 6.07) is 3.85. The van der Waals surface area contributed by atoms with Crippen LogP contribution in [0.3, 0.4) is 0 Å². The fourth-order valence-corrected chi connectivity index (χ4v) is 3.22. The molecule has 128 valence electrons. The van der Waals surface area contributed by atoms with E-state index in [9.17, 15) is 4.79 Å². The van der Waals surface area contributed by atoms with Gasteiger partial charge in [-0.3, -0.25) is 9.79 Å². The van der Waals surface area contributed by atoms with Gasteiger partial charge in [-0.2, -0.15) is 0 Å². The van der Waals surface area contributed by atoms with Crippen LogP contribution in [0, 0.1) is 5.41 Å². The first kappa shape index (κ1) is 17.4. The molecule has 0 unspecified atom stereocenters. The number of carbonyl (C=O) groups is 1. The predicted octanol–water partition coefficient (Wildman–Crippen LogP) is 1.64. The van der Waals surface area contributed by atoms with E-state index in [1.54, 1.807) is 18.2 Å². The molecule has 0 bridgehead atoms. The highest BCUT2D eigenvalue weighted by molar-refractivity contribution is 5.85. The van der Waals surface area contributed by atoms with Gasteiger partial charge in [0, 0.05) is 40.7 Å². The molecule has 1 aliphatic carbocycles. The van der Waals surface area contributed by atoms with Gasteiger partial charge in [0.25, 0.3) is 0 Å². The molecule has 23 heavy (non-hydrogen) atoms. The highest BCUT2D eigenvalue weighted by atomic mass is 16.3. The number of nitrogens with zero attached hydrogens (tertiary/aromatic N) is 2. The summed E-state index contributed by atoms with van der Waals surface area (Å²) in [5, 5.41) is 6.60. The van der Waals surface area contributed by atoms with E-state index < -0.39 is 0 Å². The molecule has 1 saturated carbocycles. The summed E-state index contributed by atoms with van der Waals surface area (Å²) in [4.78, 5) is 18.5. The van der Waals surface area contributed by atoms with Crippen molar-refractivity contribution in [3.05, 3.63) is 24.2 Å². The maximum absolute atomic E-state index is 12.6. The van der Waals surface area contributed by atoms with Gasteiger partial charge < -0.3 is 20.0 Å². The van der Waals surface area contributed by atoms with Gasteiger partial charge in [-0.05, 0) is 25.0 Å². The molecule has 2 N–H and O–H groups in total. The van der Waals surface area contributed by atoms with Crippen molar-refractivity contribution in [1.29, 1.82) is 0 Å². The highest BCUT2D eigenvalue weighted by Gasteiger charge is 2.42. The molecule has 0 saturated heterocycles. The third-order valence-electron chi connectivity index (χ3n) is 4.48. The Hall–Kier alpha value is -1.98. The van der Waals surface area contributed by atoms with Crippen molar-refractivity contribution >= 4 is 11.9 Å². The van der Waals surface area contributed by atoms with E-state index in [1.165, 1.54) is 0 Å². The lowest BCUT2D eigenvalue weighted by Crippen LogP contribution is -2.49. The van der Waals surface area contributed by atoms with Crippen LogP contribution in [0.2, 0.25) is 0 Å². The number of rotatable bonds is 6. The number of carbonyl (C=O) groups excluding carboxylic acids is 1. The molecule has 1 amide bonds. The summed E-state index contributed by atoms with van der Waals surface area (Å²) in [7, 11) is 5.41. The van der Waals surface area contributed by atoms with E-state index in [2.05, 4.69) is 15.6 Å². The van der Waals surface area contributed by atoms with Crippen LogP contribution in [0.1, 0.15) is 31.4 Å². The Morgan fingerprint density at radius 3 is 2.65 bits per heavy atom. The summed E-state index contributed by atoms with van der Waals surface area (Å²) in [6.07, 6.45) is 6.60. The Kier molecular flexibility index (Phi) is 6.07. The first-order valence-corrected chi connectivity index (χ1v) is 8.26. The van der Waals surface area contributed by atoms with Gasteiger partial charge in [-0.15, -0.1) is 0 Å². The molecule has 0 spiro atoms. The molecule has 1 fully saturated rings. The fourth-order valence-electron chi connectivity index (χ4n) is 3.22. The summed E-state index contributed by atoms with van der Waals surface area (Å²) >= 11 is 0. The lowest BCUT2D eigenvalue weighted by atomic mass is 9.84. The van der Waals surface area contributed by atoms with E-state index in [4.69, 9.17) is 4.42 Å². The number of aliphatic imine (C=N–C) groups is 1. The molecule has 0 radical (unpaired) electrons. The van der Waals surface area contributed by atoms with Gasteiger partial charge in [-0.1, -0.05) is 12.8 Å². The summed E-state index contributed by atoms with van der Waals surface area (Å²) in [5.74, 6) is 1.89. The molecule has 0 atom stereocenters. The second-order valence-corrected chi connectivity index (χ2v) is 6.37. The van der Waals surface area contributed by atoms with E-state index in [-0.39, 0.29) is 11.3 Å². The predicted molar refractivity (Wildman–Crippen MR) is 91.4 cm³/mol. The van der Waals surface area contributed by atoms with Gasteiger partial charge in [0.1, 0.15) is 5.76 Å². The van der Waals surface area contributed by atoms with Crippen LogP contribution in [0.15, 0.2) is 27.8 Å².